The molecule has 1 aromatic heterocycles. The molecule has 1 unspecified atom stereocenters. The molecule has 2 fully saturated rings. The summed E-state index contributed by atoms with van der Waals surface area (Å²) in [5.41, 5.74) is 2.51. The monoisotopic (exact) mass is 451 g/mol. The molecule has 166 valence electrons. The number of hydrogen-bond donors (Lipinski definition) is 4. The number of carbonyl (C=O) groups is 1. The van der Waals surface area contributed by atoms with E-state index in [9.17, 15) is 4.79 Å². The van der Waals surface area contributed by atoms with Crippen molar-refractivity contribution in [3.8, 4) is 0 Å². The van der Waals surface area contributed by atoms with Gasteiger partial charge < -0.3 is 21.3 Å². The Kier molecular flexibility index (Phi) is 5.57. The molecule has 5 rings (SSSR count). The number of anilines is 2. The molecule has 4 heterocycles. The lowest BCUT2D eigenvalue weighted by Crippen LogP contribution is -2.56. The Morgan fingerprint density at radius 3 is 2.81 bits per heavy atom. The van der Waals surface area contributed by atoms with Crippen LogP contribution < -0.4 is 21.3 Å². The minimum absolute atomic E-state index is 0.130. The van der Waals surface area contributed by atoms with E-state index in [0.29, 0.717) is 29.9 Å². The van der Waals surface area contributed by atoms with Gasteiger partial charge in [0.1, 0.15) is 11.6 Å². The highest BCUT2D eigenvalue weighted by atomic mass is 35.5. The molecule has 4 aliphatic rings. The van der Waals surface area contributed by atoms with Gasteiger partial charge in [-0.15, -0.1) is 0 Å². The van der Waals surface area contributed by atoms with Gasteiger partial charge in [0.05, 0.1) is 11.4 Å². The van der Waals surface area contributed by atoms with E-state index in [1.165, 1.54) is 0 Å². The van der Waals surface area contributed by atoms with Crippen molar-refractivity contribution in [2.75, 3.05) is 23.7 Å². The summed E-state index contributed by atoms with van der Waals surface area (Å²) in [6, 6.07) is 4.43. The number of nitrogens with one attached hydrogen (secondary N) is 4. The molecule has 1 aliphatic carbocycles. The second kappa shape index (κ2) is 8.52. The van der Waals surface area contributed by atoms with Crippen LogP contribution in [0.3, 0.4) is 0 Å². The number of halogens is 1. The van der Waals surface area contributed by atoms with Gasteiger partial charge in [-0.05, 0) is 62.7 Å². The number of aromatic nitrogens is 1. The van der Waals surface area contributed by atoms with Gasteiger partial charge in [0.15, 0.2) is 5.66 Å². The minimum atomic E-state index is -0.844. The quantitative estimate of drug-likeness (QED) is 0.563. The van der Waals surface area contributed by atoms with Crippen LogP contribution >= 0.6 is 11.6 Å². The van der Waals surface area contributed by atoms with E-state index >= 15 is 0 Å². The maximum absolute atomic E-state index is 12.3. The zero-order valence-corrected chi connectivity index (χ0v) is 18.7. The highest BCUT2D eigenvalue weighted by molar-refractivity contribution is 6.32. The number of ketones is 1. The number of aliphatic imine (C=N–C) groups is 2. The average Bonchev–Trinajstić information content (AvgIpc) is 2.92. The number of allylic oxidation sites excluding steroid dienone is 3. The third-order valence-electron chi connectivity index (χ3n) is 6.20. The Labute approximate surface area is 192 Å². The van der Waals surface area contributed by atoms with Crippen molar-refractivity contribution < 1.29 is 4.79 Å². The zero-order valence-electron chi connectivity index (χ0n) is 17.9. The Hall–Kier alpha value is -2.97. The molecule has 32 heavy (non-hydrogen) atoms. The van der Waals surface area contributed by atoms with Gasteiger partial charge in [0.2, 0.25) is 5.96 Å². The summed E-state index contributed by atoms with van der Waals surface area (Å²) in [6.07, 6.45) is 9.77. The van der Waals surface area contributed by atoms with Crippen molar-refractivity contribution in [3.05, 3.63) is 52.4 Å². The van der Waals surface area contributed by atoms with Gasteiger partial charge in [-0.2, -0.15) is 0 Å². The van der Waals surface area contributed by atoms with E-state index < -0.39 is 5.66 Å². The van der Waals surface area contributed by atoms with Crippen molar-refractivity contribution in [2.24, 2.45) is 9.98 Å². The maximum Gasteiger partial charge on any atom is 0.202 e. The topological polar surface area (TPSA) is 103 Å². The van der Waals surface area contributed by atoms with Crippen molar-refractivity contribution in [1.82, 2.24) is 15.6 Å². The van der Waals surface area contributed by atoms with Crippen LogP contribution in [0.1, 0.15) is 31.4 Å². The van der Waals surface area contributed by atoms with Crippen LogP contribution in [0, 0.1) is 6.92 Å². The molecule has 9 heteroatoms. The first-order chi connectivity index (χ1) is 15.5. The summed E-state index contributed by atoms with van der Waals surface area (Å²) in [4.78, 5) is 26.3. The van der Waals surface area contributed by atoms with Crippen LogP contribution in [-0.4, -0.2) is 47.7 Å². The third-order valence-corrected chi connectivity index (χ3v) is 6.43. The molecule has 8 nitrogen and oxygen atoms in total. The first-order valence-electron chi connectivity index (χ1n) is 10.9. The van der Waals surface area contributed by atoms with E-state index in [1.54, 1.807) is 18.5 Å². The molecular weight excluding hydrogens is 426 g/mol. The van der Waals surface area contributed by atoms with Crippen LogP contribution in [0.4, 0.5) is 11.5 Å². The van der Waals surface area contributed by atoms with E-state index in [2.05, 4.69) is 26.3 Å². The smallest absolute Gasteiger partial charge is 0.202 e. The number of piperidine rings is 1. The molecule has 1 spiro atoms. The number of rotatable bonds is 3. The second-order valence-electron chi connectivity index (χ2n) is 8.48. The predicted octanol–water partition coefficient (Wildman–Crippen LogP) is 3.00. The Morgan fingerprint density at radius 2 is 2.00 bits per heavy atom. The van der Waals surface area contributed by atoms with E-state index in [1.807, 2.05) is 25.1 Å². The van der Waals surface area contributed by atoms with Crippen LogP contribution in [0.5, 0.6) is 0 Å². The van der Waals surface area contributed by atoms with Crippen LogP contribution in [0.25, 0.3) is 0 Å². The fourth-order valence-electron chi connectivity index (χ4n) is 4.52. The van der Waals surface area contributed by atoms with E-state index in [0.717, 1.165) is 54.3 Å². The molecule has 0 aromatic carbocycles. The Morgan fingerprint density at radius 1 is 1.19 bits per heavy atom. The van der Waals surface area contributed by atoms with Gasteiger partial charge in [0.25, 0.3) is 0 Å². The van der Waals surface area contributed by atoms with Gasteiger partial charge in [0, 0.05) is 41.9 Å². The minimum Gasteiger partial charge on any atom is -0.367 e. The first-order valence-corrected chi connectivity index (χ1v) is 11.3. The summed E-state index contributed by atoms with van der Waals surface area (Å²) in [6.45, 7) is 4.03. The molecule has 0 radical (unpaired) electrons. The third kappa shape index (κ3) is 4.08. The second-order valence-corrected chi connectivity index (χ2v) is 8.92. The fourth-order valence-corrected chi connectivity index (χ4v) is 4.71. The normalized spacial score (nSPS) is 25.2. The van der Waals surface area contributed by atoms with Crippen molar-refractivity contribution in [1.29, 1.82) is 0 Å². The molecule has 1 aromatic rings. The summed E-state index contributed by atoms with van der Waals surface area (Å²) in [7, 11) is 0. The maximum atomic E-state index is 12.3. The van der Waals surface area contributed by atoms with Crippen LogP contribution in [-0.2, 0) is 4.79 Å². The molecule has 0 amide bonds. The lowest BCUT2D eigenvalue weighted by Gasteiger charge is -2.41. The van der Waals surface area contributed by atoms with Gasteiger partial charge in [-0.3, -0.25) is 9.79 Å². The Balaban J connectivity index is 1.36. The highest BCUT2D eigenvalue weighted by Crippen LogP contribution is 2.40. The molecule has 1 saturated heterocycles. The number of aryl methyl sites for hydroxylation is 1. The number of nitrogens with zero attached hydrogens (tertiary/aromatic N) is 3. The molecule has 1 atom stereocenters. The number of carbonyl (C=O) groups excluding carboxylic acids is 1. The molecule has 4 N–H and O–H groups in total. The predicted molar refractivity (Wildman–Crippen MR) is 128 cm³/mol. The highest BCUT2D eigenvalue weighted by Gasteiger charge is 2.45. The summed E-state index contributed by atoms with van der Waals surface area (Å²) in [5.74, 6) is 1.56. The van der Waals surface area contributed by atoms with Gasteiger partial charge in [-0.1, -0.05) is 11.6 Å². The number of guanidine groups is 1. The zero-order chi connectivity index (χ0) is 22.1. The van der Waals surface area contributed by atoms with Crippen LogP contribution in [0.15, 0.2) is 56.6 Å². The fraction of sp³-hybridized carbons (Fsp3) is 0.391. The Bertz CT molecular complexity index is 1100. The molecule has 3 aliphatic heterocycles. The van der Waals surface area contributed by atoms with Gasteiger partial charge >= 0.3 is 0 Å². The summed E-state index contributed by atoms with van der Waals surface area (Å²) < 4.78 is 0. The number of pyridine rings is 1. The number of hydrogen-bond acceptors (Lipinski definition) is 8. The standard InChI is InChI=1S/C23H26ClN7O/c1-14-20(2-3-21(28-14)29-18-5-7-25-8-6-18)30-22-26-13-16-12-19(32)11-15-10-17(24)4-9-27-23(15,16)31-22/h2-4,9-10,13,18,25H,5-8,11-12H2,1H3,(H,28,29)(H2,26,30,31). The average molecular weight is 452 g/mol. The lowest BCUT2D eigenvalue weighted by molar-refractivity contribution is -0.118. The summed E-state index contributed by atoms with van der Waals surface area (Å²) in [5, 5.41) is 14.2. The first kappa shape index (κ1) is 20.9. The van der Waals surface area contributed by atoms with Gasteiger partial charge in [-0.25, -0.2) is 9.98 Å². The molecular formula is C23H26ClN7O. The molecule has 0 bridgehead atoms. The molecule has 1 saturated carbocycles. The van der Waals surface area contributed by atoms with E-state index in [4.69, 9.17) is 21.6 Å². The van der Waals surface area contributed by atoms with Crippen molar-refractivity contribution in [2.45, 2.75) is 44.3 Å². The summed E-state index contributed by atoms with van der Waals surface area (Å²) >= 11 is 6.26. The van der Waals surface area contributed by atoms with Crippen molar-refractivity contribution >= 4 is 41.1 Å². The van der Waals surface area contributed by atoms with E-state index in [-0.39, 0.29) is 5.78 Å². The van der Waals surface area contributed by atoms with Crippen LogP contribution in [0.2, 0.25) is 0 Å². The largest absolute Gasteiger partial charge is 0.367 e. The lowest BCUT2D eigenvalue weighted by atomic mass is 9.79. The van der Waals surface area contributed by atoms with Crippen molar-refractivity contribution in [3.63, 3.8) is 0 Å². The number of Topliss-reactive ketones (excluding diaryl/α,β-unsaturated/α-hetero) is 1. The SMILES string of the molecule is Cc1nc(NC2CCNCC2)ccc1NC1=NC=C2CC(=O)CC3=CC(Cl)=CC=NC23N1.